The third kappa shape index (κ3) is 4.15. The van der Waals surface area contributed by atoms with Crippen LogP contribution in [0.1, 0.15) is 6.92 Å². The van der Waals surface area contributed by atoms with Gasteiger partial charge in [-0.2, -0.15) is 5.10 Å². The van der Waals surface area contributed by atoms with Gasteiger partial charge in [-0.05, 0) is 25.1 Å². The standard InChI is InChI=1S/C23H25N5O3/c1-15(14-29)28(18-7-19(30-3)10-20(8-18)31-4)17-5-6-21-22(9-17)26-23(12-24-21)16-11-25-27(2)13-16/h5-13,15,29H,14H2,1-4H3. The first-order valence-corrected chi connectivity index (χ1v) is 9.91. The largest absolute Gasteiger partial charge is 0.497 e. The number of anilines is 2. The van der Waals surface area contributed by atoms with Crippen molar-refractivity contribution in [3.8, 4) is 22.8 Å². The number of fused-ring (bicyclic) bond motifs is 1. The van der Waals surface area contributed by atoms with E-state index in [1.807, 2.05) is 61.5 Å². The van der Waals surface area contributed by atoms with Crippen LogP contribution in [-0.4, -0.2) is 51.7 Å². The van der Waals surface area contributed by atoms with Gasteiger partial charge in [0.15, 0.2) is 0 Å². The van der Waals surface area contributed by atoms with Crippen molar-refractivity contribution in [2.45, 2.75) is 13.0 Å². The Morgan fingerprint density at radius 2 is 1.74 bits per heavy atom. The van der Waals surface area contributed by atoms with Crippen molar-refractivity contribution in [1.82, 2.24) is 19.7 Å². The highest BCUT2D eigenvalue weighted by Gasteiger charge is 2.19. The summed E-state index contributed by atoms with van der Waals surface area (Å²) in [7, 11) is 5.10. The second kappa shape index (κ2) is 8.61. The fraction of sp³-hybridized carbons (Fsp3) is 0.261. The number of benzene rings is 2. The van der Waals surface area contributed by atoms with Gasteiger partial charge in [0.25, 0.3) is 0 Å². The van der Waals surface area contributed by atoms with Crippen LogP contribution in [0.4, 0.5) is 11.4 Å². The Morgan fingerprint density at radius 1 is 1.00 bits per heavy atom. The second-order valence-electron chi connectivity index (χ2n) is 7.30. The fourth-order valence-corrected chi connectivity index (χ4v) is 3.51. The van der Waals surface area contributed by atoms with Crippen molar-refractivity contribution in [1.29, 1.82) is 0 Å². The smallest absolute Gasteiger partial charge is 0.124 e. The van der Waals surface area contributed by atoms with Crippen LogP contribution in [0.3, 0.4) is 0 Å². The summed E-state index contributed by atoms with van der Waals surface area (Å²) >= 11 is 0. The molecule has 4 aromatic rings. The average Bonchev–Trinajstić information content (AvgIpc) is 3.24. The highest BCUT2D eigenvalue weighted by molar-refractivity contribution is 5.83. The normalized spacial score (nSPS) is 12.0. The summed E-state index contributed by atoms with van der Waals surface area (Å²) in [5, 5.41) is 14.2. The molecule has 2 aromatic carbocycles. The Balaban J connectivity index is 1.82. The number of nitrogens with zero attached hydrogens (tertiary/aromatic N) is 5. The Labute approximate surface area is 180 Å². The lowest BCUT2D eigenvalue weighted by Crippen LogP contribution is -2.31. The number of hydrogen-bond acceptors (Lipinski definition) is 7. The van der Waals surface area contributed by atoms with E-state index in [4.69, 9.17) is 14.5 Å². The topological polar surface area (TPSA) is 85.5 Å². The van der Waals surface area contributed by atoms with E-state index in [2.05, 4.69) is 10.1 Å². The third-order valence-corrected chi connectivity index (χ3v) is 5.12. The van der Waals surface area contributed by atoms with E-state index in [-0.39, 0.29) is 12.6 Å². The Bertz CT molecular complexity index is 1180. The number of aliphatic hydroxyl groups is 1. The molecule has 2 aromatic heterocycles. The van der Waals surface area contributed by atoms with E-state index >= 15 is 0 Å². The number of aliphatic hydroxyl groups excluding tert-OH is 1. The van der Waals surface area contributed by atoms with Crippen LogP contribution >= 0.6 is 0 Å². The molecule has 0 aliphatic rings. The zero-order valence-electron chi connectivity index (χ0n) is 18.0. The molecule has 4 rings (SSSR count). The maximum Gasteiger partial charge on any atom is 0.124 e. The molecule has 2 heterocycles. The van der Waals surface area contributed by atoms with Crippen LogP contribution in [0.2, 0.25) is 0 Å². The van der Waals surface area contributed by atoms with Crippen molar-refractivity contribution in [2.75, 3.05) is 25.7 Å². The van der Waals surface area contributed by atoms with Gasteiger partial charge in [-0.15, -0.1) is 0 Å². The number of rotatable bonds is 7. The molecule has 0 radical (unpaired) electrons. The first-order chi connectivity index (χ1) is 15.0. The van der Waals surface area contributed by atoms with Crippen LogP contribution in [0, 0.1) is 0 Å². The zero-order chi connectivity index (χ0) is 22.0. The highest BCUT2D eigenvalue weighted by atomic mass is 16.5. The van der Waals surface area contributed by atoms with Gasteiger partial charge in [-0.25, -0.2) is 4.98 Å². The molecule has 31 heavy (non-hydrogen) atoms. The molecule has 0 saturated carbocycles. The van der Waals surface area contributed by atoms with E-state index in [0.29, 0.717) is 11.5 Å². The summed E-state index contributed by atoms with van der Waals surface area (Å²) in [6.45, 7) is 1.92. The zero-order valence-corrected chi connectivity index (χ0v) is 18.0. The maximum absolute atomic E-state index is 9.95. The molecule has 0 amide bonds. The maximum atomic E-state index is 9.95. The Kier molecular flexibility index (Phi) is 5.73. The van der Waals surface area contributed by atoms with Crippen molar-refractivity contribution in [2.24, 2.45) is 7.05 Å². The van der Waals surface area contributed by atoms with Gasteiger partial charge >= 0.3 is 0 Å². The molecule has 0 aliphatic carbocycles. The lowest BCUT2D eigenvalue weighted by atomic mass is 10.1. The molecular formula is C23H25N5O3. The minimum atomic E-state index is -0.191. The molecule has 0 bridgehead atoms. The number of ether oxygens (including phenoxy) is 2. The monoisotopic (exact) mass is 419 g/mol. The van der Waals surface area contributed by atoms with Crippen molar-refractivity contribution in [3.05, 3.63) is 55.0 Å². The molecule has 1 atom stereocenters. The molecule has 8 heteroatoms. The lowest BCUT2D eigenvalue weighted by molar-refractivity contribution is 0.272. The van der Waals surface area contributed by atoms with Gasteiger partial charge in [0.1, 0.15) is 11.5 Å². The summed E-state index contributed by atoms with van der Waals surface area (Å²) < 4.78 is 12.6. The lowest BCUT2D eigenvalue weighted by Gasteiger charge is -2.31. The van der Waals surface area contributed by atoms with Crippen molar-refractivity contribution < 1.29 is 14.6 Å². The molecule has 0 fully saturated rings. The number of hydrogen-bond donors (Lipinski definition) is 1. The van der Waals surface area contributed by atoms with E-state index in [0.717, 1.165) is 33.7 Å². The molecule has 160 valence electrons. The molecule has 1 N–H and O–H groups in total. The van der Waals surface area contributed by atoms with Gasteiger partial charge in [0.05, 0.1) is 56.0 Å². The number of aryl methyl sites for hydroxylation is 1. The van der Waals surface area contributed by atoms with E-state index in [1.54, 1.807) is 31.3 Å². The Morgan fingerprint density at radius 3 is 2.35 bits per heavy atom. The summed E-state index contributed by atoms with van der Waals surface area (Å²) in [4.78, 5) is 11.4. The van der Waals surface area contributed by atoms with E-state index in [9.17, 15) is 5.11 Å². The van der Waals surface area contributed by atoms with Crippen molar-refractivity contribution >= 4 is 22.4 Å². The van der Waals surface area contributed by atoms with Crippen LogP contribution < -0.4 is 14.4 Å². The van der Waals surface area contributed by atoms with Crippen LogP contribution in [0.25, 0.3) is 22.3 Å². The van der Waals surface area contributed by atoms with Crippen LogP contribution in [-0.2, 0) is 7.05 Å². The van der Waals surface area contributed by atoms with Gasteiger partial charge in [-0.3, -0.25) is 9.67 Å². The number of methoxy groups -OCH3 is 2. The van der Waals surface area contributed by atoms with Crippen LogP contribution in [0.5, 0.6) is 11.5 Å². The minimum absolute atomic E-state index is 0.0288. The summed E-state index contributed by atoms with van der Waals surface area (Å²) in [5.41, 5.74) is 4.92. The molecular weight excluding hydrogens is 394 g/mol. The quantitative estimate of drug-likeness (QED) is 0.490. The summed E-state index contributed by atoms with van der Waals surface area (Å²) in [6, 6.07) is 11.3. The minimum Gasteiger partial charge on any atom is -0.497 e. The summed E-state index contributed by atoms with van der Waals surface area (Å²) in [5.74, 6) is 1.34. The molecule has 0 aliphatic heterocycles. The van der Waals surface area contributed by atoms with E-state index < -0.39 is 0 Å². The first-order valence-electron chi connectivity index (χ1n) is 9.91. The summed E-state index contributed by atoms with van der Waals surface area (Å²) in [6.07, 6.45) is 5.42. The van der Waals surface area contributed by atoms with Gasteiger partial charge in [0, 0.05) is 48.4 Å². The predicted octanol–water partition coefficient (Wildman–Crippen LogP) is 3.57. The molecule has 8 nitrogen and oxygen atoms in total. The molecule has 0 spiro atoms. The molecule has 1 unspecified atom stereocenters. The predicted molar refractivity (Wildman–Crippen MR) is 120 cm³/mol. The van der Waals surface area contributed by atoms with Gasteiger partial charge < -0.3 is 19.5 Å². The Hall–Kier alpha value is -3.65. The first kappa shape index (κ1) is 20.6. The van der Waals surface area contributed by atoms with Crippen molar-refractivity contribution in [3.63, 3.8) is 0 Å². The van der Waals surface area contributed by atoms with Gasteiger partial charge in [-0.1, -0.05) is 0 Å². The fourth-order valence-electron chi connectivity index (χ4n) is 3.51. The van der Waals surface area contributed by atoms with E-state index in [1.165, 1.54) is 0 Å². The van der Waals surface area contributed by atoms with Gasteiger partial charge in [0.2, 0.25) is 0 Å². The highest BCUT2D eigenvalue weighted by Crippen LogP contribution is 2.35. The molecule has 0 saturated heterocycles. The number of aromatic nitrogens is 4. The third-order valence-electron chi connectivity index (χ3n) is 5.12. The average molecular weight is 419 g/mol. The van der Waals surface area contributed by atoms with Crippen LogP contribution in [0.15, 0.2) is 55.0 Å². The second-order valence-corrected chi connectivity index (χ2v) is 7.30. The SMILES string of the molecule is COc1cc(OC)cc(N(c2ccc3ncc(-c4cnn(C)c4)nc3c2)C(C)CO)c1.